The second-order valence-corrected chi connectivity index (χ2v) is 5.60. The molecule has 0 aromatic carbocycles. The summed E-state index contributed by atoms with van der Waals surface area (Å²) in [7, 11) is 0. The number of amides is 1. The van der Waals surface area contributed by atoms with Crippen molar-refractivity contribution in [2.45, 2.75) is 52.5 Å². The van der Waals surface area contributed by atoms with Gasteiger partial charge in [-0.1, -0.05) is 5.16 Å². The van der Waals surface area contributed by atoms with Crippen molar-refractivity contribution in [3.8, 4) is 0 Å². The van der Waals surface area contributed by atoms with Crippen LogP contribution >= 0.6 is 0 Å². The van der Waals surface area contributed by atoms with E-state index in [9.17, 15) is 9.59 Å². The van der Waals surface area contributed by atoms with Gasteiger partial charge < -0.3 is 14.5 Å². The Hall–Kier alpha value is -1.92. The van der Waals surface area contributed by atoms with Crippen LogP contribution in [0.25, 0.3) is 0 Å². The summed E-state index contributed by atoms with van der Waals surface area (Å²) in [6.07, 6.45) is 0.514. The third-order valence-electron chi connectivity index (χ3n) is 2.78. The molecule has 0 atom stereocenters. The zero-order chi connectivity index (χ0) is 15.3. The smallest absolute Gasteiger partial charge is 0.305 e. The number of hydrogen-bond donors (Lipinski definition) is 1. The highest BCUT2D eigenvalue weighted by molar-refractivity contribution is 5.78. The molecule has 0 spiro atoms. The number of carbonyl (C=O) groups is 2. The molecule has 1 aromatic rings. The van der Waals surface area contributed by atoms with Crippen LogP contribution in [0.15, 0.2) is 4.52 Å². The Kier molecular flexibility index (Phi) is 5.24. The van der Waals surface area contributed by atoms with Crippen LogP contribution < -0.4 is 0 Å². The lowest BCUT2D eigenvalue weighted by Gasteiger charge is -2.35. The molecular weight excluding hydrogens is 262 g/mol. The van der Waals surface area contributed by atoms with Crippen LogP contribution in [0.1, 0.15) is 45.3 Å². The first kappa shape index (κ1) is 16.1. The minimum atomic E-state index is -0.917. The monoisotopic (exact) mass is 283 g/mol. The number of carboxylic acid groups (broad SMARTS) is 1. The van der Waals surface area contributed by atoms with Gasteiger partial charge in [0.25, 0.3) is 0 Å². The molecule has 0 bridgehead atoms. The van der Waals surface area contributed by atoms with Crippen molar-refractivity contribution in [3.63, 3.8) is 0 Å². The van der Waals surface area contributed by atoms with Crippen LogP contribution in [-0.4, -0.2) is 44.1 Å². The number of aliphatic carboxylic acids is 1. The van der Waals surface area contributed by atoms with Crippen LogP contribution in [0.4, 0.5) is 0 Å². The van der Waals surface area contributed by atoms with E-state index in [2.05, 4.69) is 10.1 Å². The van der Waals surface area contributed by atoms with Gasteiger partial charge in [-0.15, -0.1) is 0 Å². The average Bonchev–Trinajstić information content (AvgIpc) is 2.70. The molecule has 0 radical (unpaired) electrons. The Bertz CT molecular complexity index is 476. The van der Waals surface area contributed by atoms with Crippen molar-refractivity contribution in [2.24, 2.45) is 0 Å². The number of nitrogens with zero attached hydrogens (tertiary/aromatic N) is 3. The SMILES string of the molecule is Cc1noc(CCC(=O)N(CCC(=O)O)C(C)(C)C)n1. The zero-order valence-electron chi connectivity index (χ0n) is 12.3. The number of aromatic nitrogens is 2. The molecular formula is C13H21N3O4. The maximum atomic E-state index is 12.2. The third-order valence-corrected chi connectivity index (χ3v) is 2.78. The normalized spacial score (nSPS) is 11.4. The van der Waals surface area contributed by atoms with Crippen molar-refractivity contribution in [1.82, 2.24) is 15.0 Å². The lowest BCUT2D eigenvalue weighted by Crippen LogP contribution is -2.46. The lowest BCUT2D eigenvalue weighted by molar-refractivity contribution is -0.140. The Morgan fingerprint density at radius 1 is 1.30 bits per heavy atom. The molecule has 7 heteroatoms. The summed E-state index contributed by atoms with van der Waals surface area (Å²) in [5.41, 5.74) is -0.419. The molecule has 0 aliphatic heterocycles. The zero-order valence-corrected chi connectivity index (χ0v) is 12.3. The van der Waals surface area contributed by atoms with Crippen molar-refractivity contribution < 1.29 is 19.2 Å². The summed E-state index contributed by atoms with van der Waals surface area (Å²) in [5, 5.41) is 12.4. The highest BCUT2D eigenvalue weighted by Crippen LogP contribution is 2.16. The summed E-state index contributed by atoms with van der Waals surface area (Å²) >= 11 is 0. The van der Waals surface area contributed by atoms with Gasteiger partial charge in [0.05, 0.1) is 6.42 Å². The molecule has 1 amide bonds. The van der Waals surface area contributed by atoms with E-state index in [0.29, 0.717) is 18.1 Å². The largest absolute Gasteiger partial charge is 0.481 e. The Labute approximate surface area is 118 Å². The summed E-state index contributed by atoms with van der Waals surface area (Å²) in [4.78, 5) is 28.5. The van der Waals surface area contributed by atoms with Gasteiger partial charge in [0.1, 0.15) is 0 Å². The first-order chi connectivity index (χ1) is 9.20. The number of carbonyl (C=O) groups excluding carboxylic acids is 1. The first-order valence-corrected chi connectivity index (χ1v) is 6.51. The Morgan fingerprint density at radius 2 is 1.95 bits per heavy atom. The number of carboxylic acids is 1. The van der Waals surface area contributed by atoms with E-state index >= 15 is 0 Å². The van der Waals surface area contributed by atoms with Gasteiger partial charge in [0.2, 0.25) is 11.8 Å². The highest BCUT2D eigenvalue weighted by Gasteiger charge is 2.26. The molecule has 0 fully saturated rings. The Morgan fingerprint density at radius 3 is 2.40 bits per heavy atom. The Balaban J connectivity index is 2.61. The number of aryl methyl sites for hydroxylation is 2. The van der Waals surface area contributed by atoms with Gasteiger partial charge in [-0.25, -0.2) is 0 Å². The average molecular weight is 283 g/mol. The topological polar surface area (TPSA) is 96.5 Å². The van der Waals surface area contributed by atoms with E-state index < -0.39 is 11.5 Å². The van der Waals surface area contributed by atoms with Crippen molar-refractivity contribution in [3.05, 3.63) is 11.7 Å². The van der Waals surface area contributed by atoms with E-state index in [1.54, 1.807) is 11.8 Å². The highest BCUT2D eigenvalue weighted by atomic mass is 16.5. The van der Waals surface area contributed by atoms with Gasteiger partial charge in [-0.2, -0.15) is 4.98 Å². The van der Waals surface area contributed by atoms with E-state index in [-0.39, 0.29) is 25.3 Å². The van der Waals surface area contributed by atoms with Crippen LogP contribution in [-0.2, 0) is 16.0 Å². The van der Waals surface area contributed by atoms with Gasteiger partial charge in [-0.3, -0.25) is 9.59 Å². The second kappa shape index (κ2) is 6.49. The molecule has 20 heavy (non-hydrogen) atoms. The summed E-state index contributed by atoms with van der Waals surface area (Å²) in [5.74, 6) is -0.0804. The predicted molar refractivity (Wildman–Crippen MR) is 71.1 cm³/mol. The maximum Gasteiger partial charge on any atom is 0.305 e. The molecule has 1 heterocycles. The molecule has 0 saturated heterocycles. The molecule has 0 aliphatic rings. The van der Waals surface area contributed by atoms with Crippen LogP contribution in [0.3, 0.4) is 0 Å². The quantitative estimate of drug-likeness (QED) is 0.848. The fourth-order valence-corrected chi connectivity index (χ4v) is 1.83. The van der Waals surface area contributed by atoms with Crippen LogP contribution in [0.5, 0.6) is 0 Å². The molecule has 1 rings (SSSR count). The minimum Gasteiger partial charge on any atom is -0.481 e. The minimum absolute atomic E-state index is 0.0668. The number of hydrogen-bond acceptors (Lipinski definition) is 5. The summed E-state index contributed by atoms with van der Waals surface area (Å²) < 4.78 is 4.95. The molecule has 7 nitrogen and oxygen atoms in total. The van der Waals surface area contributed by atoms with Gasteiger partial charge in [0.15, 0.2) is 5.82 Å². The standard InChI is InChI=1S/C13H21N3O4/c1-9-14-10(20-15-9)5-6-11(17)16(13(2,3)4)8-7-12(18)19/h5-8H2,1-4H3,(H,18,19). The molecule has 0 aliphatic carbocycles. The molecule has 112 valence electrons. The molecule has 1 N–H and O–H groups in total. The van der Waals surface area contributed by atoms with E-state index in [1.165, 1.54) is 0 Å². The molecule has 1 aromatic heterocycles. The van der Waals surface area contributed by atoms with Crippen molar-refractivity contribution in [2.75, 3.05) is 6.54 Å². The van der Waals surface area contributed by atoms with Crippen molar-refractivity contribution >= 4 is 11.9 Å². The summed E-state index contributed by atoms with van der Waals surface area (Å²) in [6, 6.07) is 0. The fourth-order valence-electron chi connectivity index (χ4n) is 1.83. The molecule has 0 saturated carbocycles. The molecule has 0 unspecified atom stereocenters. The predicted octanol–water partition coefficient (Wildman–Crippen LogP) is 1.41. The lowest BCUT2D eigenvalue weighted by atomic mass is 10.0. The van der Waals surface area contributed by atoms with Crippen LogP contribution in [0, 0.1) is 6.92 Å². The van der Waals surface area contributed by atoms with Crippen molar-refractivity contribution in [1.29, 1.82) is 0 Å². The number of rotatable bonds is 6. The summed E-state index contributed by atoms with van der Waals surface area (Å²) in [6.45, 7) is 7.54. The second-order valence-electron chi connectivity index (χ2n) is 5.60. The van der Waals surface area contributed by atoms with E-state index in [1.807, 2.05) is 20.8 Å². The first-order valence-electron chi connectivity index (χ1n) is 6.51. The van der Waals surface area contributed by atoms with Gasteiger partial charge in [-0.05, 0) is 27.7 Å². The van der Waals surface area contributed by atoms with Gasteiger partial charge in [0, 0.05) is 24.9 Å². The van der Waals surface area contributed by atoms with E-state index in [0.717, 1.165) is 0 Å². The maximum absolute atomic E-state index is 12.2. The van der Waals surface area contributed by atoms with Crippen LogP contribution in [0.2, 0.25) is 0 Å². The van der Waals surface area contributed by atoms with E-state index in [4.69, 9.17) is 9.63 Å². The van der Waals surface area contributed by atoms with Gasteiger partial charge >= 0.3 is 5.97 Å². The third kappa shape index (κ3) is 4.99. The fraction of sp³-hybridized carbons (Fsp3) is 0.692.